The van der Waals surface area contributed by atoms with Gasteiger partial charge in [-0.2, -0.15) is 0 Å². The Morgan fingerprint density at radius 3 is 2.83 bits per heavy atom. The quantitative estimate of drug-likeness (QED) is 0.860. The van der Waals surface area contributed by atoms with Gasteiger partial charge in [0.1, 0.15) is 5.76 Å². The number of nitrogens with zero attached hydrogens (tertiary/aromatic N) is 2. The van der Waals surface area contributed by atoms with Crippen LogP contribution in [0.25, 0.3) is 0 Å². The van der Waals surface area contributed by atoms with Gasteiger partial charge in [0, 0.05) is 31.4 Å². The van der Waals surface area contributed by atoms with Gasteiger partial charge in [0.2, 0.25) is 11.2 Å². The maximum atomic E-state index is 12.7. The molecule has 1 aromatic heterocycles. The van der Waals surface area contributed by atoms with Crippen molar-refractivity contribution < 1.29 is 13.9 Å². The Kier molecular flexibility index (Phi) is 4.66. The second-order valence-corrected chi connectivity index (χ2v) is 5.87. The first-order valence-corrected chi connectivity index (χ1v) is 7.84. The molecule has 0 N–H and O–H groups in total. The van der Waals surface area contributed by atoms with E-state index in [9.17, 15) is 9.59 Å². The third-order valence-electron chi connectivity index (χ3n) is 4.08. The van der Waals surface area contributed by atoms with Crippen LogP contribution in [0.2, 0.25) is 0 Å². The second-order valence-electron chi connectivity index (χ2n) is 5.87. The molecule has 24 heavy (non-hydrogen) atoms. The summed E-state index contributed by atoms with van der Waals surface area (Å²) in [6.45, 7) is 3.58. The molecule has 2 heterocycles. The minimum absolute atomic E-state index is 0.0890. The van der Waals surface area contributed by atoms with Crippen LogP contribution in [0.1, 0.15) is 11.3 Å². The van der Waals surface area contributed by atoms with Crippen LogP contribution in [0, 0.1) is 6.92 Å². The van der Waals surface area contributed by atoms with Gasteiger partial charge in [-0.15, -0.1) is 0 Å². The molecule has 0 fully saturated rings. The van der Waals surface area contributed by atoms with Crippen LogP contribution in [0.3, 0.4) is 0 Å². The first-order valence-electron chi connectivity index (χ1n) is 7.84. The summed E-state index contributed by atoms with van der Waals surface area (Å²) < 4.78 is 10.6. The molecule has 1 aliphatic heterocycles. The van der Waals surface area contributed by atoms with E-state index in [-0.39, 0.29) is 23.7 Å². The average Bonchev–Trinajstić information content (AvgIpc) is 2.72. The number of benzene rings is 1. The van der Waals surface area contributed by atoms with Gasteiger partial charge in [-0.05, 0) is 25.6 Å². The molecule has 0 spiro atoms. The standard InChI is InChI=1S/C18H20N2O4/c1-13-18(16(21)7-10-23-13)24-12-17(22)20-9-8-19(2)11-14-5-3-4-6-15(14)20/h3-7,10H,8-9,11-12H2,1-2H3. The van der Waals surface area contributed by atoms with Crippen LogP contribution in [0.5, 0.6) is 5.75 Å². The highest BCUT2D eigenvalue weighted by Gasteiger charge is 2.23. The number of hydrogen-bond donors (Lipinski definition) is 0. The Bertz CT molecular complexity index is 800. The highest BCUT2D eigenvalue weighted by atomic mass is 16.5. The Labute approximate surface area is 140 Å². The zero-order chi connectivity index (χ0) is 17.1. The van der Waals surface area contributed by atoms with E-state index in [2.05, 4.69) is 4.90 Å². The maximum absolute atomic E-state index is 12.7. The largest absolute Gasteiger partial charge is 0.476 e. The molecule has 0 aliphatic carbocycles. The van der Waals surface area contributed by atoms with Gasteiger partial charge in [-0.1, -0.05) is 18.2 Å². The first kappa shape index (κ1) is 16.3. The Morgan fingerprint density at radius 2 is 2.04 bits per heavy atom. The number of anilines is 1. The fourth-order valence-electron chi connectivity index (χ4n) is 2.81. The van der Waals surface area contributed by atoms with Crippen LogP contribution in [0.15, 0.2) is 45.8 Å². The van der Waals surface area contributed by atoms with Crippen molar-refractivity contribution in [3.05, 3.63) is 58.1 Å². The van der Waals surface area contributed by atoms with Gasteiger partial charge >= 0.3 is 0 Å². The average molecular weight is 328 g/mol. The number of fused-ring (bicyclic) bond motifs is 1. The van der Waals surface area contributed by atoms with Crippen molar-refractivity contribution in [3.63, 3.8) is 0 Å². The summed E-state index contributed by atoms with van der Waals surface area (Å²) in [5, 5.41) is 0. The van der Waals surface area contributed by atoms with Gasteiger partial charge < -0.3 is 19.0 Å². The number of carbonyl (C=O) groups is 1. The molecule has 0 unspecified atom stereocenters. The Hall–Kier alpha value is -2.60. The predicted octanol–water partition coefficient (Wildman–Crippen LogP) is 1.81. The normalized spacial score (nSPS) is 14.8. The van der Waals surface area contributed by atoms with E-state index in [1.54, 1.807) is 11.8 Å². The highest BCUT2D eigenvalue weighted by Crippen LogP contribution is 2.24. The van der Waals surface area contributed by atoms with Crippen LogP contribution in [0.4, 0.5) is 5.69 Å². The monoisotopic (exact) mass is 328 g/mol. The number of ether oxygens (including phenoxy) is 1. The van der Waals surface area contributed by atoms with E-state index in [1.165, 1.54) is 12.3 Å². The number of aryl methyl sites for hydroxylation is 1. The van der Waals surface area contributed by atoms with Gasteiger partial charge in [-0.3, -0.25) is 9.59 Å². The highest BCUT2D eigenvalue weighted by molar-refractivity contribution is 5.95. The molecular formula is C18H20N2O4. The minimum Gasteiger partial charge on any atom is -0.476 e. The zero-order valence-electron chi connectivity index (χ0n) is 13.8. The zero-order valence-corrected chi connectivity index (χ0v) is 13.8. The lowest BCUT2D eigenvalue weighted by molar-refractivity contribution is -0.120. The van der Waals surface area contributed by atoms with Crippen LogP contribution < -0.4 is 15.1 Å². The van der Waals surface area contributed by atoms with Crippen molar-refractivity contribution in [2.75, 3.05) is 31.6 Å². The lowest BCUT2D eigenvalue weighted by atomic mass is 10.1. The molecule has 1 aromatic carbocycles. The molecule has 3 rings (SSSR count). The molecule has 1 aliphatic rings. The molecule has 0 saturated carbocycles. The molecule has 1 amide bonds. The van der Waals surface area contributed by atoms with E-state index >= 15 is 0 Å². The van der Waals surface area contributed by atoms with Gasteiger partial charge in [0.25, 0.3) is 5.91 Å². The van der Waals surface area contributed by atoms with Crippen molar-refractivity contribution in [2.45, 2.75) is 13.5 Å². The summed E-state index contributed by atoms with van der Waals surface area (Å²) in [7, 11) is 2.03. The van der Waals surface area contributed by atoms with E-state index in [4.69, 9.17) is 9.15 Å². The number of amides is 1. The number of para-hydroxylation sites is 1. The molecule has 0 radical (unpaired) electrons. The lowest BCUT2D eigenvalue weighted by Gasteiger charge is -2.22. The predicted molar refractivity (Wildman–Crippen MR) is 90.3 cm³/mol. The fraction of sp³-hybridized carbons (Fsp3) is 0.333. The van der Waals surface area contributed by atoms with Gasteiger partial charge in [-0.25, -0.2) is 0 Å². The van der Waals surface area contributed by atoms with E-state index < -0.39 is 0 Å². The lowest BCUT2D eigenvalue weighted by Crippen LogP contribution is -2.38. The summed E-state index contributed by atoms with van der Waals surface area (Å²) in [5.74, 6) is 0.276. The molecule has 6 heteroatoms. The number of rotatable bonds is 3. The topological polar surface area (TPSA) is 63.0 Å². The Morgan fingerprint density at radius 1 is 1.25 bits per heavy atom. The Balaban J connectivity index is 1.79. The van der Waals surface area contributed by atoms with Crippen molar-refractivity contribution in [3.8, 4) is 5.75 Å². The summed E-state index contributed by atoms with van der Waals surface area (Å²) in [6, 6.07) is 9.13. The van der Waals surface area contributed by atoms with E-state index in [0.29, 0.717) is 12.3 Å². The molecule has 2 aromatic rings. The molecule has 0 saturated heterocycles. The molecule has 0 bridgehead atoms. The van der Waals surface area contributed by atoms with Crippen molar-refractivity contribution in [1.29, 1.82) is 0 Å². The number of likely N-dealkylation sites (N-methyl/N-ethyl adjacent to an activating group) is 1. The second kappa shape index (κ2) is 6.88. The third-order valence-corrected chi connectivity index (χ3v) is 4.08. The summed E-state index contributed by atoms with van der Waals surface area (Å²) >= 11 is 0. The smallest absolute Gasteiger partial charge is 0.264 e. The van der Waals surface area contributed by atoms with Crippen LogP contribution in [-0.4, -0.2) is 37.6 Å². The number of carbonyl (C=O) groups excluding carboxylic acids is 1. The summed E-state index contributed by atoms with van der Waals surface area (Å²) in [6.07, 6.45) is 1.31. The maximum Gasteiger partial charge on any atom is 0.264 e. The minimum atomic E-state index is -0.289. The summed E-state index contributed by atoms with van der Waals surface area (Å²) in [4.78, 5) is 28.4. The van der Waals surface area contributed by atoms with Crippen LogP contribution in [-0.2, 0) is 11.3 Å². The van der Waals surface area contributed by atoms with E-state index in [1.807, 2.05) is 31.3 Å². The molecule has 6 nitrogen and oxygen atoms in total. The summed E-state index contributed by atoms with van der Waals surface area (Å²) in [5.41, 5.74) is 1.70. The van der Waals surface area contributed by atoms with Crippen molar-refractivity contribution >= 4 is 11.6 Å². The first-order chi connectivity index (χ1) is 11.6. The number of hydrogen-bond acceptors (Lipinski definition) is 5. The molecule has 126 valence electrons. The third kappa shape index (κ3) is 3.33. The molecule has 0 atom stereocenters. The van der Waals surface area contributed by atoms with E-state index in [0.717, 1.165) is 24.3 Å². The van der Waals surface area contributed by atoms with Crippen LogP contribution >= 0.6 is 0 Å². The van der Waals surface area contributed by atoms with Crippen molar-refractivity contribution in [2.24, 2.45) is 0 Å². The van der Waals surface area contributed by atoms with Gasteiger partial charge in [0.15, 0.2) is 6.61 Å². The molecular weight excluding hydrogens is 308 g/mol. The fourth-order valence-corrected chi connectivity index (χ4v) is 2.81. The van der Waals surface area contributed by atoms with Gasteiger partial charge in [0.05, 0.1) is 6.26 Å². The SMILES string of the molecule is Cc1occc(=O)c1OCC(=O)N1CCN(C)Cc2ccccc21. The van der Waals surface area contributed by atoms with Crippen molar-refractivity contribution in [1.82, 2.24) is 4.90 Å².